The average molecular weight is 297 g/mol. The van der Waals surface area contributed by atoms with Gasteiger partial charge in [-0.2, -0.15) is 0 Å². The molecule has 0 heterocycles. The fourth-order valence-corrected chi connectivity index (χ4v) is 2.67. The van der Waals surface area contributed by atoms with Gasteiger partial charge in [0.25, 0.3) is 0 Å². The Bertz CT molecular complexity index is 837. The van der Waals surface area contributed by atoms with Crippen LogP contribution >= 0.6 is 0 Å². The van der Waals surface area contributed by atoms with E-state index in [0.29, 0.717) is 5.56 Å². The van der Waals surface area contributed by atoms with Gasteiger partial charge in [0, 0.05) is 16.7 Å². The lowest BCUT2D eigenvalue weighted by molar-refractivity contribution is 0.0976. The normalized spacial score (nSPS) is 13.2. The highest BCUT2D eigenvalue weighted by molar-refractivity contribution is 6.30. The molecule has 0 bridgehead atoms. The Kier molecular flexibility index (Phi) is 2.95. The molecule has 0 spiro atoms. The highest BCUT2D eigenvalue weighted by atomic mass is 16.3. The van der Waals surface area contributed by atoms with Crippen molar-refractivity contribution in [3.8, 4) is 11.5 Å². The molecule has 22 heavy (non-hydrogen) atoms. The van der Waals surface area contributed by atoms with Gasteiger partial charge in [-0.05, 0) is 23.6 Å². The van der Waals surface area contributed by atoms with E-state index in [9.17, 15) is 19.8 Å². The summed E-state index contributed by atoms with van der Waals surface area (Å²) in [5.74, 6) is -1.89. The van der Waals surface area contributed by atoms with Crippen LogP contribution in [0, 0.1) is 0 Å². The number of phenolic OH excluding ortho intramolecular Hbond substituents is 2. The molecule has 2 aromatic rings. The van der Waals surface area contributed by atoms with Gasteiger partial charge in [-0.3, -0.25) is 9.59 Å². The van der Waals surface area contributed by atoms with Gasteiger partial charge in [-0.1, -0.05) is 26.0 Å². The maximum atomic E-state index is 12.6. The fourth-order valence-electron chi connectivity index (χ4n) is 2.67. The molecule has 5 nitrogen and oxygen atoms in total. The van der Waals surface area contributed by atoms with Gasteiger partial charge >= 0.3 is 0 Å². The number of aromatic hydroxyl groups is 2. The van der Waals surface area contributed by atoms with Crippen LogP contribution in [0.2, 0.25) is 0 Å². The van der Waals surface area contributed by atoms with Crippen LogP contribution in [-0.4, -0.2) is 21.8 Å². The maximum Gasteiger partial charge on any atom is 0.198 e. The molecule has 0 aromatic heterocycles. The number of nitrogen functional groups attached to an aromatic ring is 1. The van der Waals surface area contributed by atoms with Crippen LogP contribution in [0.5, 0.6) is 11.5 Å². The standard InChI is InChI=1S/C17H15NO4/c1-7(2)8-3-4-9-10(5-8)14(19)11-6-12(18)16(21)17(22)13(11)15(9)20/h3-7,21-22H,18H2,1-2H3. The third-order valence-corrected chi connectivity index (χ3v) is 3.97. The molecule has 0 saturated carbocycles. The van der Waals surface area contributed by atoms with Crippen LogP contribution in [0.4, 0.5) is 5.69 Å². The van der Waals surface area contributed by atoms with E-state index >= 15 is 0 Å². The van der Waals surface area contributed by atoms with Gasteiger partial charge in [0.05, 0.1) is 11.3 Å². The fraction of sp³-hybridized carbons (Fsp3) is 0.176. The SMILES string of the molecule is CC(C)c1ccc2c(c1)C(=O)c1cc(N)c(O)c(O)c1C2=O. The van der Waals surface area contributed by atoms with Gasteiger partial charge in [0.15, 0.2) is 23.1 Å². The highest BCUT2D eigenvalue weighted by Gasteiger charge is 2.34. The van der Waals surface area contributed by atoms with Gasteiger partial charge in [-0.25, -0.2) is 0 Å². The van der Waals surface area contributed by atoms with Crippen molar-refractivity contribution in [2.24, 2.45) is 0 Å². The Morgan fingerprint density at radius 2 is 1.59 bits per heavy atom. The van der Waals surface area contributed by atoms with Crippen molar-refractivity contribution in [3.05, 3.63) is 52.1 Å². The molecule has 1 aliphatic rings. The van der Waals surface area contributed by atoms with Gasteiger partial charge in [0.1, 0.15) is 0 Å². The quantitative estimate of drug-likeness (QED) is 0.473. The summed E-state index contributed by atoms with van der Waals surface area (Å²) in [6.45, 7) is 3.99. The van der Waals surface area contributed by atoms with Crippen molar-refractivity contribution < 1.29 is 19.8 Å². The van der Waals surface area contributed by atoms with Crippen molar-refractivity contribution in [1.82, 2.24) is 0 Å². The minimum absolute atomic E-state index is 0.0196. The van der Waals surface area contributed by atoms with E-state index in [2.05, 4.69) is 0 Å². The lowest BCUT2D eigenvalue weighted by Crippen LogP contribution is -2.21. The number of carbonyl (C=O) groups excluding carboxylic acids is 2. The molecule has 0 fully saturated rings. The van der Waals surface area contributed by atoms with Crippen LogP contribution in [0.15, 0.2) is 24.3 Å². The zero-order chi connectivity index (χ0) is 16.2. The first-order chi connectivity index (χ1) is 10.3. The second-order valence-corrected chi connectivity index (χ2v) is 5.70. The molecular formula is C17H15NO4. The van der Waals surface area contributed by atoms with Crippen LogP contribution < -0.4 is 5.73 Å². The Morgan fingerprint density at radius 3 is 2.23 bits per heavy atom. The number of hydrogen-bond donors (Lipinski definition) is 3. The number of ketones is 2. The lowest BCUT2D eigenvalue weighted by Gasteiger charge is -2.21. The predicted octanol–water partition coefficient (Wildman–Crippen LogP) is 2.58. The predicted molar refractivity (Wildman–Crippen MR) is 81.6 cm³/mol. The Balaban J connectivity index is 2.30. The minimum atomic E-state index is -0.646. The van der Waals surface area contributed by atoms with Crippen molar-refractivity contribution in [2.45, 2.75) is 19.8 Å². The number of carbonyl (C=O) groups is 2. The number of phenols is 2. The first kappa shape index (κ1) is 14.1. The summed E-state index contributed by atoms with van der Waals surface area (Å²) < 4.78 is 0. The minimum Gasteiger partial charge on any atom is -0.504 e. The number of rotatable bonds is 1. The van der Waals surface area contributed by atoms with Crippen molar-refractivity contribution in [1.29, 1.82) is 0 Å². The third kappa shape index (κ3) is 1.79. The summed E-state index contributed by atoms with van der Waals surface area (Å²) >= 11 is 0. The molecule has 1 aliphatic carbocycles. The summed E-state index contributed by atoms with van der Waals surface area (Å²) in [5, 5.41) is 19.7. The molecule has 0 saturated heterocycles. The van der Waals surface area contributed by atoms with Crippen LogP contribution in [-0.2, 0) is 0 Å². The Hall–Kier alpha value is -2.82. The Labute approximate surface area is 127 Å². The van der Waals surface area contributed by atoms with Crippen molar-refractivity contribution in [3.63, 3.8) is 0 Å². The molecule has 2 aromatic carbocycles. The van der Waals surface area contributed by atoms with Crippen LogP contribution in [0.3, 0.4) is 0 Å². The lowest BCUT2D eigenvalue weighted by atomic mass is 9.81. The van der Waals surface area contributed by atoms with Crippen LogP contribution in [0.1, 0.15) is 57.2 Å². The molecule has 5 heteroatoms. The van der Waals surface area contributed by atoms with E-state index in [1.165, 1.54) is 6.07 Å². The number of nitrogens with two attached hydrogens (primary N) is 1. The molecular weight excluding hydrogens is 282 g/mol. The summed E-state index contributed by atoms with van der Waals surface area (Å²) in [6, 6.07) is 6.30. The Morgan fingerprint density at radius 1 is 0.909 bits per heavy atom. The van der Waals surface area contributed by atoms with E-state index in [1.54, 1.807) is 18.2 Å². The number of hydrogen-bond acceptors (Lipinski definition) is 5. The number of benzene rings is 2. The summed E-state index contributed by atoms with van der Waals surface area (Å²) in [7, 11) is 0. The summed E-state index contributed by atoms with van der Waals surface area (Å²) in [4.78, 5) is 25.2. The van der Waals surface area contributed by atoms with E-state index in [4.69, 9.17) is 5.73 Å². The zero-order valence-corrected chi connectivity index (χ0v) is 12.2. The monoisotopic (exact) mass is 297 g/mol. The van der Waals surface area contributed by atoms with Gasteiger partial charge in [-0.15, -0.1) is 0 Å². The second-order valence-electron chi connectivity index (χ2n) is 5.70. The molecule has 0 unspecified atom stereocenters. The topological polar surface area (TPSA) is 101 Å². The van der Waals surface area contributed by atoms with Crippen LogP contribution in [0.25, 0.3) is 0 Å². The summed E-state index contributed by atoms with van der Waals surface area (Å²) in [5.41, 5.74) is 6.73. The third-order valence-electron chi connectivity index (χ3n) is 3.97. The smallest absolute Gasteiger partial charge is 0.198 e. The maximum absolute atomic E-state index is 12.6. The molecule has 0 aliphatic heterocycles. The molecule has 0 amide bonds. The van der Waals surface area contributed by atoms with Gasteiger partial charge < -0.3 is 15.9 Å². The van der Waals surface area contributed by atoms with E-state index in [-0.39, 0.29) is 34.1 Å². The molecule has 0 radical (unpaired) electrons. The van der Waals surface area contributed by atoms with Gasteiger partial charge in [0.2, 0.25) is 0 Å². The highest BCUT2D eigenvalue weighted by Crippen LogP contribution is 2.42. The molecule has 112 valence electrons. The number of fused-ring (bicyclic) bond motifs is 2. The zero-order valence-electron chi connectivity index (χ0n) is 12.2. The first-order valence-corrected chi connectivity index (χ1v) is 6.90. The molecule has 0 atom stereocenters. The van der Waals surface area contributed by atoms with E-state index < -0.39 is 17.3 Å². The summed E-state index contributed by atoms with van der Waals surface area (Å²) in [6.07, 6.45) is 0. The van der Waals surface area contributed by atoms with E-state index in [1.807, 2.05) is 13.8 Å². The van der Waals surface area contributed by atoms with E-state index in [0.717, 1.165) is 5.56 Å². The average Bonchev–Trinajstić information content (AvgIpc) is 2.49. The van der Waals surface area contributed by atoms with Crippen molar-refractivity contribution >= 4 is 17.3 Å². The second kappa shape index (κ2) is 4.59. The largest absolute Gasteiger partial charge is 0.504 e. The van der Waals surface area contributed by atoms with Crippen molar-refractivity contribution in [2.75, 3.05) is 5.73 Å². The molecule has 4 N–H and O–H groups in total. The number of anilines is 1. The molecule has 3 rings (SSSR count). The first-order valence-electron chi connectivity index (χ1n) is 6.90.